The summed E-state index contributed by atoms with van der Waals surface area (Å²) in [6.45, 7) is 4.49. The maximum Gasteiger partial charge on any atom is 0.227 e. The van der Waals surface area contributed by atoms with E-state index >= 15 is 0 Å². The number of fused-ring (bicyclic) bond motifs is 1. The number of likely N-dealkylation sites (tertiary alicyclic amines) is 1. The van der Waals surface area contributed by atoms with Crippen LogP contribution < -0.4 is 0 Å². The molecule has 0 N–H and O–H groups in total. The lowest BCUT2D eigenvalue weighted by Gasteiger charge is -2.35. The first-order valence-corrected chi connectivity index (χ1v) is 8.65. The summed E-state index contributed by atoms with van der Waals surface area (Å²) in [6.07, 6.45) is 7.03. The third-order valence-corrected chi connectivity index (χ3v) is 4.95. The minimum absolute atomic E-state index is 0.0154. The number of aromatic nitrogens is 4. The van der Waals surface area contributed by atoms with Crippen LogP contribution in [-0.4, -0.2) is 37.1 Å². The molecule has 0 bridgehead atoms. The van der Waals surface area contributed by atoms with Crippen LogP contribution in [0.15, 0.2) is 29.0 Å². The van der Waals surface area contributed by atoms with Gasteiger partial charge in [-0.1, -0.05) is 5.16 Å². The van der Waals surface area contributed by atoms with Crippen LogP contribution in [0.3, 0.4) is 0 Å². The van der Waals surface area contributed by atoms with E-state index < -0.39 is 0 Å². The van der Waals surface area contributed by atoms with Gasteiger partial charge in [0.25, 0.3) is 0 Å². The summed E-state index contributed by atoms with van der Waals surface area (Å²) >= 11 is 0. The van der Waals surface area contributed by atoms with Crippen LogP contribution in [0.4, 0.5) is 0 Å². The van der Waals surface area contributed by atoms with Crippen LogP contribution in [-0.2, 0) is 11.2 Å². The Morgan fingerprint density at radius 1 is 1.32 bits per heavy atom. The second-order valence-electron chi connectivity index (χ2n) is 6.56. The normalized spacial score (nSPS) is 18.0. The van der Waals surface area contributed by atoms with Crippen molar-refractivity contribution in [2.24, 2.45) is 0 Å². The van der Waals surface area contributed by atoms with Gasteiger partial charge in [0.15, 0.2) is 5.65 Å². The van der Waals surface area contributed by atoms with Gasteiger partial charge < -0.3 is 9.42 Å². The van der Waals surface area contributed by atoms with Crippen molar-refractivity contribution in [2.45, 2.75) is 45.6 Å². The quantitative estimate of drug-likeness (QED) is 0.733. The van der Waals surface area contributed by atoms with Crippen molar-refractivity contribution in [3.63, 3.8) is 0 Å². The van der Waals surface area contributed by atoms with E-state index in [0.717, 1.165) is 54.2 Å². The molecule has 0 saturated carbocycles. The monoisotopic (exact) mass is 339 g/mol. The van der Waals surface area contributed by atoms with Gasteiger partial charge in [-0.3, -0.25) is 4.79 Å². The maximum atomic E-state index is 13.0. The van der Waals surface area contributed by atoms with Crippen molar-refractivity contribution >= 4 is 11.6 Å². The summed E-state index contributed by atoms with van der Waals surface area (Å²) < 4.78 is 6.93. The van der Waals surface area contributed by atoms with Crippen molar-refractivity contribution in [3.05, 3.63) is 47.2 Å². The molecule has 0 radical (unpaired) electrons. The smallest absolute Gasteiger partial charge is 0.227 e. The molecule has 7 nitrogen and oxygen atoms in total. The van der Waals surface area contributed by atoms with Crippen molar-refractivity contribution < 1.29 is 9.32 Å². The van der Waals surface area contributed by atoms with E-state index in [2.05, 4.69) is 10.3 Å². The Morgan fingerprint density at radius 2 is 2.20 bits per heavy atom. The first kappa shape index (κ1) is 15.8. The van der Waals surface area contributed by atoms with E-state index in [1.807, 2.05) is 37.1 Å². The molecule has 7 heteroatoms. The maximum absolute atomic E-state index is 13.0. The Labute approximate surface area is 145 Å². The van der Waals surface area contributed by atoms with Gasteiger partial charge in [-0.05, 0) is 39.2 Å². The number of carbonyl (C=O) groups is 1. The number of piperidine rings is 1. The van der Waals surface area contributed by atoms with Gasteiger partial charge >= 0.3 is 0 Å². The molecule has 4 rings (SSSR count). The van der Waals surface area contributed by atoms with Gasteiger partial charge in [0.1, 0.15) is 5.76 Å². The molecule has 1 atom stereocenters. The Bertz CT molecular complexity index is 894. The van der Waals surface area contributed by atoms with E-state index in [4.69, 9.17) is 9.51 Å². The second kappa shape index (κ2) is 6.31. The number of carbonyl (C=O) groups excluding carboxylic acids is 1. The Balaban J connectivity index is 1.61. The van der Waals surface area contributed by atoms with E-state index in [1.54, 1.807) is 10.7 Å². The topological polar surface area (TPSA) is 76.5 Å². The van der Waals surface area contributed by atoms with Crippen LogP contribution >= 0.6 is 0 Å². The zero-order valence-corrected chi connectivity index (χ0v) is 14.5. The fourth-order valence-electron chi connectivity index (χ4n) is 3.56. The van der Waals surface area contributed by atoms with Crippen LogP contribution in [0.5, 0.6) is 0 Å². The highest BCUT2D eigenvalue weighted by Gasteiger charge is 2.30. The summed E-state index contributed by atoms with van der Waals surface area (Å²) in [5.74, 6) is 0.826. The summed E-state index contributed by atoms with van der Waals surface area (Å²) in [5.41, 5.74) is 3.42. The molecule has 25 heavy (non-hydrogen) atoms. The van der Waals surface area contributed by atoms with Crippen LogP contribution in [0.2, 0.25) is 0 Å². The van der Waals surface area contributed by atoms with Crippen molar-refractivity contribution in [2.75, 3.05) is 6.54 Å². The number of nitrogens with zero attached hydrogens (tertiary/aromatic N) is 5. The lowest BCUT2D eigenvalue weighted by molar-refractivity contribution is -0.134. The van der Waals surface area contributed by atoms with E-state index in [-0.39, 0.29) is 11.9 Å². The van der Waals surface area contributed by atoms with E-state index in [9.17, 15) is 4.79 Å². The lowest BCUT2D eigenvalue weighted by atomic mass is 9.97. The molecule has 4 heterocycles. The molecule has 1 saturated heterocycles. The van der Waals surface area contributed by atoms with Gasteiger partial charge in [0, 0.05) is 24.4 Å². The number of rotatable bonds is 3. The van der Waals surface area contributed by atoms with Gasteiger partial charge in [-0.2, -0.15) is 5.10 Å². The second-order valence-corrected chi connectivity index (χ2v) is 6.56. The first-order valence-electron chi connectivity index (χ1n) is 8.65. The first-order chi connectivity index (χ1) is 12.1. The Hall–Kier alpha value is -2.70. The minimum atomic E-state index is 0.0154. The molecule has 0 aromatic carbocycles. The van der Waals surface area contributed by atoms with Gasteiger partial charge in [0.2, 0.25) is 5.91 Å². The standard InChI is InChI=1S/C18H21N5O2/c1-12-14(13(2)25-21-12)11-18(24)22-9-4-3-5-16(22)15-7-10-23-17(20-15)6-8-19-23/h6-8,10,16H,3-5,9,11H2,1-2H3/t16-/m1/s1. The van der Waals surface area contributed by atoms with Crippen molar-refractivity contribution in [1.29, 1.82) is 0 Å². The summed E-state index contributed by atoms with van der Waals surface area (Å²) in [4.78, 5) is 19.6. The highest BCUT2D eigenvalue weighted by molar-refractivity contribution is 5.79. The predicted molar refractivity (Wildman–Crippen MR) is 91.0 cm³/mol. The van der Waals surface area contributed by atoms with Crippen LogP contribution in [0, 0.1) is 13.8 Å². The van der Waals surface area contributed by atoms with E-state index in [1.165, 1.54) is 0 Å². The molecule has 1 aliphatic rings. The summed E-state index contributed by atoms with van der Waals surface area (Å²) in [6, 6.07) is 3.86. The highest BCUT2D eigenvalue weighted by atomic mass is 16.5. The molecular formula is C18H21N5O2. The highest BCUT2D eigenvalue weighted by Crippen LogP contribution is 2.31. The molecule has 130 valence electrons. The minimum Gasteiger partial charge on any atom is -0.361 e. The number of aryl methyl sites for hydroxylation is 2. The number of hydrogen-bond donors (Lipinski definition) is 0. The molecule has 1 amide bonds. The SMILES string of the molecule is Cc1noc(C)c1CC(=O)N1CCCC[C@@H]1c1ccn2nccc2n1. The molecule has 1 fully saturated rings. The zero-order valence-electron chi connectivity index (χ0n) is 14.5. The molecule has 0 spiro atoms. The fourth-order valence-corrected chi connectivity index (χ4v) is 3.56. The Kier molecular flexibility index (Phi) is 3.99. The van der Waals surface area contributed by atoms with Crippen LogP contribution in [0.1, 0.15) is 48.0 Å². The van der Waals surface area contributed by atoms with Crippen LogP contribution in [0.25, 0.3) is 5.65 Å². The predicted octanol–water partition coefficient (Wildman–Crippen LogP) is 2.63. The Morgan fingerprint density at radius 3 is 3.00 bits per heavy atom. The van der Waals surface area contributed by atoms with E-state index in [0.29, 0.717) is 6.42 Å². The molecule has 0 unspecified atom stereocenters. The van der Waals surface area contributed by atoms with Crippen molar-refractivity contribution in [3.8, 4) is 0 Å². The fraction of sp³-hybridized carbons (Fsp3) is 0.444. The van der Waals surface area contributed by atoms with Crippen molar-refractivity contribution in [1.82, 2.24) is 24.7 Å². The van der Waals surface area contributed by atoms with Gasteiger partial charge in [-0.15, -0.1) is 0 Å². The average Bonchev–Trinajstić information content (AvgIpc) is 3.22. The molecule has 3 aromatic rings. The summed E-state index contributed by atoms with van der Waals surface area (Å²) in [7, 11) is 0. The molecule has 0 aliphatic carbocycles. The molecule has 3 aromatic heterocycles. The molecular weight excluding hydrogens is 318 g/mol. The third kappa shape index (κ3) is 2.90. The van der Waals surface area contributed by atoms with Gasteiger partial charge in [-0.25, -0.2) is 9.50 Å². The van der Waals surface area contributed by atoms with Gasteiger partial charge in [0.05, 0.1) is 30.0 Å². The zero-order chi connectivity index (χ0) is 17.4. The average molecular weight is 339 g/mol. The molecule has 1 aliphatic heterocycles. The lowest BCUT2D eigenvalue weighted by Crippen LogP contribution is -2.39. The third-order valence-electron chi connectivity index (χ3n) is 4.95. The number of amides is 1. The summed E-state index contributed by atoms with van der Waals surface area (Å²) in [5, 5.41) is 8.14. The number of hydrogen-bond acceptors (Lipinski definition) is 5. The largest absolute Gasteiger partial charge is 0.361 e.